The van der Waals surface area contributed by atoms with E-state index in [0.29, 0.717) is 6.04 Å². The van der Waals surface area contributed by atoms with Crippen LogP contribution in [-0.2, 0) is 4.79 Å². The molecule has 1 aliphatic rings. The molecule has 0 radical (unpaired) electrons. The largest absolute Gasteiger partial charge is 0.491 e. The Morgan fingerprint density at radius 3 is 2.75 bits per heavy atom. The molecule has 4 nitrogen and oxygen atoms in total. The lowest BCUT2D eigenvalue weighted by atomic mass is 10.1. The van der Waals surface area contributed by atoms with Crippen LogP contribution < -0.4 is 15.8 Å². The minimum atomic E-state index is -0.429. The molecule has 0 aromatic heterocycles. The Kier molecular flexibility index (Phi) is 3.56. The fraction of sp³-hybridized carbons (Fsp3) is 0.312. The number of fused-ring (bicyclic) bond motifs is 1. The molecule has 0 bridgehead atoms. The van der Waals surface area contributed by atoms with Gasteiger partial charge < -0.3 is 15.8 Å². The molecular weight excluding hydrogens is 252 g/mol. The molecule has 1 atom stereocenters. The molecule has 0 heterocycles. The fourth-order valence-electron chi connectivity index (χ4n) is 2.24. The molecule has 20 heavy (non-hydrogen) atoms. The highest BCUT2D eigenvalue weighted by Gasteiger charge is 2.27. The van der Waals surface area contributed by atoms with Gasteiger partial charge in [-0.2, -0.15) is 0 Å². The van der Waals surface area contributed by atoms with Gasteiger partial charge in [0, 0.05) is 11.4 Å². The first-order chi connectivity index (χ1) is 9.74. The van der Waals surface area contributed by atoms with Crippen LogP contribution in [0.1, 0.15) is 12.8 Å². The number of rotatable bonds is 6. The summed E-state index contributed by atoms with van der Waals surface area (Å²) >= 11 is 0. The summed E-state index contributed by atoms with van der Waals surface area (Å²) in [6, 6.07) is 13.9. The molecule has 0 saturated heterocycles. The molecule has 104 valence electrons. The van der Waals surface area contributed by atoms with Crippen LogP contribution in [0.15, 0.2) is 42.5 Å². The zero-order chi connectivity index (χ0) is 13.9. The number of carbonyl (C=O) groups excluding carboxylic acids is 1. The second-order valence-electron chi connectivity index (χ2n) is 5.18. The van der Waals surface area contributed by atoms with Crippen molar-refractivity contribution in [3.63, 3.8) is 0 Å². The SMILES string of the molecule is NC(=O)C(COc1cccc2ccccc12)NC1CC1. The zero-order valence-electron chi connectivity index (χ0n) is 11.2. The van der Waals surface area contributed by atoms with Gasteiger partial charge in [-0.3, -0.25) is 4.79 Å². The number of hydrogen-bond donors (Lipinski definition) is 2. The molecule has 3 N–H and O–H groups in total. The summed E-state index contributed by atoms with van der Waals surface area (Å²) in [6.45, 7) is 0.264. The van der Waals surface area contributed by atoms with Crippen LogP contribution in [0.25, 0.3) is 10.8 Å². The van der Waals surface area contributed by atoms with Crippen molar-refractivity contribution >= 4 is 16.7 Å². The quantitative estimate of drug-likeness (QED) is 0.841. The van der Waals surface area contributed by atoms with Crippen LogP contribution in [0.2, 0.25) is 0 Å². The number of nitrogens with one attached hydrogen (secondary N) is 1. The van der Waals surface area contributed by atoms with E-state index >= 15 is 0 Å². The van der Waals surface area contributed by atoms with E-state index in [2.05, 4.69) is 5.32 Å². The number of primary amides is 1. The Morgan fingerprint density at radius 1 is 1.25 bits per heavy atom. The maximum atomic E-state index is 11.4. The van der Waals surface area contributed by atoms with Crippen LogP contribution in [-0.4, -0.2) is 24.6 Å². The predicted molar refractivity (Wildman–Crippen MR) is 78.6 cm³/mol. The van der Waals surface area contributed by atoms with Gasteiger partial charge in [-0.1, -0.05) is 36.4 Å². The molecule has 1 amide bonds. The highest BCUT2D eigenvalue weighted by molar-refractivity contribution is 5.88. The van der Waals surface area contributed by atoms with Gasteiger partial charge in [-0.15, -0.1) is 0 Å². The average molecular weight is 270 g/mol. The first kappa shape index (κ1) is 12.9. The average Bonchev–Trinajstić information content (AvgIpc) is 3.27. The normalized spacial score (nSPS) is 16.0. The Bertz CT molecular complexity index is 617. The van der Waals surface area contributed by atoms with Gasteiger partial charge in [-0.25, -0.2) is 0 Å². The van der Waals surface area contributed by atoms with Gasteiger partial charge in [0.15, 0.2) is 0 Å². The third-order valence-corrected chi connectivity index (χ3v) is 3.51. The van der Waals surface area contributed by atoms with Gasteiger partial charge in [0.05, 0.1) is 0 Å². The van der Waals surface area contributed by atoms with Crippen LogP contribution in [0.3, 0.4) is 0 Å². The monoisotopic (exact) mass is 270 g/mol. The maximum Gasteiger partial charge on any atom is 0.238 e. The molecule has 1 unspecified atom stereocenters. The summed E-state index contributed by atoms with van der Waals surface area (Å²) < 4.78 is 5.81. The van der Waals surface area contributed by atoms with E-state index in [9.17, 15) is 4.79 Å². The molecule has 1 fully saturated rings. The molecule has 4 heteroatoms. The lowest BCUT2D eigenvalue weighted by molar-refractivity contribution is -0.120. The van der Waals surface area contributed by atoms with E-state index in [1.165, 1.54) is 0 Å². The molecule has 1 aliphatic carbocycles. The number of nitrogens with two attached hydrogens (primary N) is 1. The molecular formula is C16H18N2O2. The van der Waals surface area contributed by atoms with Crippen LogP contribution in [0.4, 0.5) is 0 Å². The van der Waals surface area contributed by atoms with Crippen molar-refractivity contribution in [3.05, 3.63) is 42.5 Å². The van der Waals surface area contributed by atoms with E-state index in [0.717, 1.165) is 29.4 Å². The van der Waals surface area contributed by atoms with Gasteiger partial charge >= 0.3 is 0 Å². The standard InChI is InChI=1S/C16H18N2O2/c17-16(19)14(18-12-8-9-12)10-20-15-7-3-5-11-4-1-2-6-13(11)15/h1-7,12,14,18H,8-10H2,(H2,17,19). The van der Waals surface area contributed by atoms with Crippen LogP contribution in [0.5, 0.6) is 5.75 Å². The van der Waals surface area contributed by atoms with Crippen molar-refractivity contribution < 1.29 is 9.53 Å². The minimum Gasteiger partial charge on any atom is -0.491 e. The maximum absolute atomic E-state index is 11.4. The van der Waals surface area contributed by atoms with Crippen molar-refractivity contribution in [1.29, 1.82) is 0 Å². The number of amides is 1. The summed E-state index contributed by atoms with van der Waals surface area (Å²) in [7, 11) is 0. The molecule has 2 aromatic carbocycles. The lowest BCUT2D eigenvalue weighted by Crippen LogP contribution is -2.46. The number of carbonyl (C=O) groups is 1. The van der Waals surface area contributed by atoms with Crippen LogP contribution in [0, 0.1) is 0 Å². The van der Waals surface area contributed by atoms with E-state index in [4.69, 9.17) is 10.5 Å². The first-order valence-electron chi connectivity index (χ1n) is 6.90. The third kappa shape index (κ3) is 2.91. The molecule has 0 spiro atoms. The zero-order valence-corrected chi connectivity index (χ0v) is 11.2. The van der Waals surface area contributed by atoms with Gasteiger partial charge in [0.1, 0.15) is 18.4 Å². The molecule has 3 rings (SSSR count). The van der Waals surface area contributed by atoms with Crippen LogP contribution >= 0.6 is 0 Å². The third-order valence-electron chi connectivity index (χ3n) is 3.51. The van der Waals surface area contributed by atoms with E-state index in [-0.39, 0.29) is 12.5 Å². The Balaban J connectivity index is 1.73. The molecule has 1 saturated carbocycles. The lowest BCUT2D eigenvalue weighted by Gasteiger charge is -2.16. The van der Waals surface area contributed by atoms with Crippen molar-refractivity contribution in [2.24, 2.45) is 5.73 Å². The van der Waals surface area contributed by atoms with Gasteiger partial charge in [0.2, 0.25) is 5.91 Å². The van der Waals surface area contributed by atoms with Crippen molar-refractivity contribution in [3.8, 4) is 5.75 Å². The highest BCUT2D eigenvalue weighted by Crippen LogP contribution is 2.25. The summed E-state index contributed by atoms with van der Waals surface area (Å²) in [5, 5.41) is 5.38. The topological polar surface area (TPSA) is 64.4 Å². The Labute approximate surface area is 117 Å². The van der Waals surface area contributed by atoms with Crippen molar-refractivity contribution in [2.75, 3.05) is 6.61 Å². The smallest absolute Gasteiger partial charge is 0.238 e. The van der Waals surface area contributed by atoms with Gasteiger partial charge in [0.25, 0.3) is 0 Å². The van der Waals surface area contributed by atoms with E-state index in [1.54, 1.807) is 0 Å². The molecule has 2 aromatic rings. The van der Waals surface area contributed by atoms with Crippen molar-refractivity contribution in [1.82, 2.24) is 5.32 Å². The fourth-order valence-corrected chi connectivity index (χ4v) is 2.24. The number of hydrogen-bond acceptors (Lipinski definition) is 3. The minimum absolute atomic E-state index is 0.264. The Hall–Kier alpha value is -2.07. The summed E-state index contributed by atoms with van der Waals surface area (Å²) in [4.78, 5) is 11.4. The van der Waals surface area contributed by atoms with E-state index < -0.39 is 6.04 Å². The van der Waals surface area contributed by atoms with Gasteiger partial charge in [-0.05, 0) is 24.3 Å². The number of ether oxygens (including phenoxy) is 1. The highest BCUT2D eigenvalue weighted by atomic mass is 16.5. The molecule has 0 aliphatic heterocycles. The summed E-state index contributed by atoms with van der Waals surface area (Å²) in [6.07, 6.45) is 2.22. The number of benzene rings is 2. The first-order valence-corrected chi connectivity index (χ1v) is 6.90. The second-order valence-corrected chi connectivity index (χ2v) is 5.18. The summed E-state index contributed by atoms with van der Waals surface area (Å²) in [5.41, 5.74) is 5.41. The second kappa shape index (κ2) is 5.51. The van der Waals surface area contributed by atoms with Crippen molar-refractivity contribution in [2.45, 2.75) is 24.9 Å². The predicted octanol–water partition coefficient (Wildman–Crippen LogP) is 1.82. The van der Waals surface area contributed by atoms with E-state index in [1.807, 2.05) is 42.5 Å². The Morgan fingerprint density at radius 2 is 2.00 bits per heavy atom. The summed E-state index contributed by atoms with van der Waals surface area (Å²) in [5.74, 6) is 0.420.